The lowest BCUT2D eigenvalue weighted by atomic mass is 9.83. The number of hydrogen-bond donors (Lipinski definition) is 3. The van der Waals surface area contributed by atoms with Crippen LogP contribution in [0.5, 0.6) is 5.75 Å². The maximum Gasteiger partial charge on any atom is 0.410 e. The number of benzene rings is 1. The van der Waals surface area contributed by atoms with Crippen LogP contribution in [0.3, 0.4) is 0 Å². The molecule has 2 bridgehead atoms. The van der Waals surface area contributed by atoms with Gasteiger partial charge in [0.25, 0.3) is 0 Å². The SMILES string of the molecule is CC(C)(C)OC(=O)N1CCC(OC2CC(N3CCC(O)(CN4C5CCC4CN(c4cc(-c6ccccc6O)nnc4N)C5)CC3)C2)CC1. The van der Waals surface area contributed by atoms with Crippen LogP contribution in [0.4, 0.5) is 16.3 Å². The molecule has 262 valence electrons. The van der Waals surface area contributed by atoms with Crippen molar-refractivity contribution in [1.82, 2.24) is 24.9 Å². The smallest absolute Gasteiger partial charge is 0.410 e. The molecule has 12 nitrogen and oxygen atoms in total. The predicted molar refractivity (Wildman–Crippen MR) is 184 cm³/mol. The molecule has 2 atom stereocenters. The number of carbonyl (C=O) groups is 1. The van der Waals surface area contributed by atoms with Gasteiger partial charge in [0.05, 0.1) is 29.2 Å². The van der Waals surface area contributed by atoms with Crippen molar-refractivity contribution in [2.75, 3.05) is 56.4 Å². The first-order valence-electron chi connectivity index (χ1n) is 18.0. The number of phenolic OH excluding ortho intramolecular Hbond substituents is 1. The number of aliphatic hydroxyl groups is 1. The van der Waals surface area contributed by atoms with Gasteiger partial charge in [0, 0.05) is 69.5 Å². The van der Waals surface area contributed by atoms with Crippen molar-refractivity contribution in [3.63, 3.8) is 0 Å². The largest absolute Gasteiger partial charge is 0.507 e. The second-order valence-corrected chi connectivity index (χ2v) is 15.8. The van der Waals surface area contributed by atoms with Gasteiger partial charge in [-0.15, -0.1) is 10.2 Å². The van der Waals surface area contributed by atoms with E-state index in [1.165, 1.54) is 0 Å². The first-order chi connectivity index (χ1) is 22.9. The number of amides is 1. The number of piperazine rings is 1. The number of carbonyl (C=O) groups excluding carboxylic acids is 1. The summed E-state index contributed by atoms with van der Waals surface area (Å²) in [6.45, 7) is 11.3. The minimum absolute atomic E-state index is 0.172. The molecule has 5 aliphatic rings. The van der Waals surface area contributed by atoms with Crippen LogP contribution in [-0.2, 0) is 9.47 Å². The first kappa shape index (κ1) is 33.3. The van der Waals surface area contributed by atoms with Crippen LogP contribution < -0.4 is 10.6 Å². The Kier molecular flexibility index (Phi) is 9.20. The van der Waals surface area contributed by atoms with Crippen LogP contribution in [0.1, 0.15) is 72.1 Å². The summed E-state index contributed by atoms with van der Waals surface area (Å²) in [5.41, 5.74) is 7.30. The fourth-order valence-corrected chi connectivity index (χ4v) is 8.44. The highest BCUT2D eigenvalue weighted by molar-refractivity contribution is 5.74. The van der Waals surface area contributed by atoms with Gasteiger partial charge in [0.1, 0.15) is 11.4 Å². The second kappa shape index (κ2) is 13.3. The van der Waals surface area contributed by atoms with Gasteiger partial charge in [-0.25, -0.2) is 4.79 Å². The molecule has 7 rings (SSSR count). The molecule has 2 aromatic rings. The highest BCUT2D eigenvalue weighted by Crippen LogP contribution is 2.40. The van der Waals surface area contributed by atoms with E-state index in [0.717, 1.165) is 89.8 Å². The highest BCUT2D eigenvalue weighted by atomic mass is 16.6. The normalized spacial score (nSPS) is 28.3. The zero-order valence-corrected chi connectivity index (χ0v) is 28.8. The summed E-state index contributed by atoms with van der Waals surface area (Å²) in [5.74, 6) is 0.575. The number of aromatic nitrogens is 2. The van der Waals surface area contributed by atoms with E-state index in [4.69, 9.17) is 15.2 Å². The molecule has 0 spiro atoms. The Morgan fingerprint density at radius 1 is 0.958 bits per heavy atom. The van der Waals surface area contributed by atoms with Crippen molar-refractivity contribution in [2.24, 2.45) is 0 Å². The molecule has 1 saturated carbocycles. The Labute approximate surface area is 284 Å². The molecular formula is C36H53N7O5. The summed E-state index contributed by atoms with van der Waals surface area (Å²) in [6.07, 6.45) is 7.91. The molecule has 1 aromatic heterocycles. The van der Waals surface area contributed by atoms with Gasteiger partial charge in [-0.1, -0.05) is 12.1 Å². The van der Waals surface area contributed by atoms with E-state index in [1.54, 1.807) is 17.0 Å². The van der Waals surface area contributed by atoms with Crippen molar-refractivity contribution in [3.05, 3.63) is 30.3 Å². The van der Waals surface area contributed by atoms with Gasteiger partial charge >= 0.3 is 6.09 Å². The monoisotopic (exact) mass is 663 g/mol. The van der Waals surface area contributed by atoms with Gasteiger partial charge in [-0.05, 0) is 90.3 Å². The third-order valence-corrected chi connectivity index (χ3v) is 11.2. The summed E-state index contributed by atoms with van der Waals surface area (Å²) in [6, 6.07) is 10.3. The van der Waals surface area contributed by atoms with Gasteiger partial charge in [0.15, 0.2) is 5.82 Å². The first-order valence-corrected chi connectivity index (χ1v) is 18.0. The number of phenols is 1. The number of nitrogen functional groups attached to an aromatic ring is 1. The molecule has 2 unspecified atom stereocenters. The third kappa shape index (κ3) is 7.22. The number of nitrogens with two attached hydrogens (primary N) is 1. The lowest BCUT2D eigenvalue weighted by Gasteiger charge is -2.50. The van der Waals surface area contributed by atoms with Gasteiger partial charge in [-0.3, -0.25) is 9.80 Å². The van der Waals surface area contributed by atoms with Crippen molar-refractivity contribution < 1.29 is 24.5 Å². The van der Waals surface area contributed by atoms with Gasteiger partial charge in [0.2, 0.25) is 0 Å². The number of para-hydroxylation sites is 1. The maximum atomic E-state index is 12.4. The second-order valence-electron chi connectivity index (χ2n) is 15.8. The van der Waals surface area contributed by atoms with Crippen molar-refractivity contribution in [1.29, 1.82) is 0 Å². The number of piperidine rings is 2. The van der Waals surface area contributed by atoms with Crippen LogP contribution >= 0.6 is 0 Å². The van der Waals surface area contributed by atoms with Crippen LogP contribution in [0.2, 0.25) is 0 Å². The number of ether oxygens (including phenoxy) is 2. The number of fused-ring (bicyclic) bond motifs is 2. The van der Waals surface area contributed by atoms with Crippen LogP contribution in [0.15, 0.2) is 30.3 Å². The number of rotatable bonds is 7. The molecule has 0 radical (unpaired) electrons. The Hall–Kier alpha value is -3.19. The molecule has 1 aliphatic carbocycles. The minimum atomic E-state index is -0.670. The number of hydrogen-bond acceptors (Lipinski definition) is 11. The summed E-state index contributed by atoms with van der Waals surface area (Å²) >= 11 is 0. The minimum Gasteiger partial charge on any atom is -0.507 e. The molecule has 1 aromatic carbocycles. The number of anilines is 2. The molecule has 5 heterocycles. The van der Waals surface area contributed by atoms with Crippen molar-refractivity contribution >= 4 is 17.6 Å². The third-order valence-electron chi connectivity index (χ3n) is 11.2. The molecule has 4 N–H and O–H groups in total. The average molecular weight is 664 g/mol. The van der Waals surface area contributed by atoms with E-state index in [0.29, 0.717) is 54.4 Å². The van der Waals surface area contributed by atoms with Crippen LogP contribution in [0.25, 0.3) is 11.3 Å². The van der Waals surface area contributed by atoms with Crippen molar-refractivity contribution in [3.8, 4) is 17.0 Å². The lowest BCUT2D eigenvalue weighted by molar-refractivity contribution is -0.119. The van der Waals surface area contributed by atoms with E-state index in [-0.39, 0.29) is 17.9 Å². The van der Waals surface area contributed by atoms with Crippen molar-refractivity contribution in [2.45, 2.75) is 114 Å². The van der Waals surface area contributed by atoms with E-state index < -0.39 is 11.2 Å². The molecule has 4 saturated heterocycles. The van der Waals surface area contributed by atoms with Gasteiger partial charge < -0.3 is 35.2 Å². The topological polar surface area (TPSA) is 141 Å². The predicted octanol–water partition coefficient (Wildman–Crippen LogP) is 3.86. The Balaban J connectivity index is 0.859. The number of aromatic hydroxyl groups is 1. The fourth-order valence-electron chi connectivity index (χ4n) is 8.44. The Morgan fingerprint density at radius 2 is 1.62 bits per heavy atom. The molecule has 48 heavy (non-hydrogen) atoms. The summed E-state index contributed by atoms with van der Waals surface area (Å²) < 4.78 is 12.0. The zero-order valence-electron chi connectivity index (χ0n) is 28.8. The number of likely N-dealkylation sites (tertiary alicyclic amines) is 2. The van der Waals surface area contributed by atoms with Gasteiger partial charge in [-0.2, -0.15) is 0 Å². The quantitative estimate of drug-likeness (QED) is 0.398. The average Bonchev–Trinajstić information content (AvgIpc) is 3.24. The zero-order chi connectivity index (χ0) is 33.6. The van der Waals surface area contributed by atoms with E-state index in [2.05, 4.69) is 24.9 Å². The summed E-state index contributed by atoms with van der Waals surface area (Å²) in [5, 5.41) is 30.6. The standard InChI is InChI=1S/C36H53N7O5/c1-35(2,3)48-34(45)41-14-10-27(11-15-41)47-28-18-26(19-28)40-16-12-36(46,13-17-40)23-43-24-8-9-25(43)22-42(21-24)31-20-30(38-39-33(31)37)29-6-4-5-7-32(29)44/h4-7,20,24-28,44,46H,8-19,21-23H2,1-3H3,(H2,37,39). The molecule has 12 heteroatoms. The summed E-state index contributed by atoms with van der Waals surface area (Å²) in [4.78, 5) is 21.6. The van der Waals surface area contributed by atoms with Crippen LogP contribution in [0, 0.1) is 0 Å². The Bertz CT molecular complexity index is 1430. The van der Waals surface area contributed by atoms with E-state index >= 15 is 0 Å². The van der Waals surface area contributed by atoms with E-state index in [1.807, 2.05) is 39.0 Å². The maximum absolute atomic E-state index is 12.4. The molecular weight excluding hydrogens is 610 g/mol. The molecule has 1 amide bonds. The Morgan fingerprint density at radius 3 is 2.27 bits per heavy atom. The number of nitrogens with zero attached hydrogens (tertiary/aromatic N) is 6. The molecule has 4 aliphatic heterocycles. The lowest BCUT2D eigenvalue weighted by Crippen LogP contribution is -2.61. The highest BCUT2D eigenvalue weighted by Gasteiger charge is 2.46. The van der Waals surface area contributed by atoms with E-state index in [9.17, 15) is 15.0 Å². The summed E-state index contributed by atoms with van der Waals surface area (Å²) in [7, 11) is 0. The fraction of sp³-hybridized carbons (Fsp3) is 0.694. The molecule has 5 fully saturated rings. The van der Waals surface area contributed by atoms with Crippen LogP contribution in [-0.4, -0.2) is 129 Å².